The minimum atomic E-state index is -0.412. The van der Waals surface area contributed by atoms with E-state index in [0.717, 1.165) is 10.2 Å². The Hall–Kier alpha value is -3.69. The number of carbonyl (C=O) groups is 1. The van der Waals surface area contributed by atoms with E-state index in [1.807, 2.05) is 24.3 Å². The smallest absolute Gasteiger partial charge is 0.257 e. The molecule has 32 heavy (non-hydrogen) atoms. The molecule has 4 rings (SSSR count). The summed E-state index contributed by atoms with van der Waals surface area (Å²) >= 11 is 6.78. The number of benzene rings is 3. The maximum Gasteiger partial charge on any atom is 0.257 e. The Morgan fingerprint density at radius 2 is 1.75 bits per heavy atom. The van der Waals surface area contributed by atoms with Crippen molar-refractivity contribution >= 4 is 50.5 Å². The number of ether oxygens (including phenoxy) is 2. The fourth-order valence-corrected chi connectivity index (χ4v) is 4.25. The van der Waals surface area contributed by atoms with Crippen LogP contribution in [0.5, 0.6) is 17.2 Å². The van der Waals surface area contributed by atoms with E-state index in [0.29, 0.717) is 33.3 Å². The zero-order valence-electron chi connectivity index (χ0n) is 17.2. The van der Waals surface area contributed by atoms with E-state index in [9.17, 15) is 9.90 Å². The number of hydrogen-bond donors (Lipinski definition) is 3. The molecular weight excluding hydrogens is 446 g/mol. The molecule has 1 heterocycles. The molecule has 1 aromatic heterocycles. The number of methoxy groups -OCH3 is 2. The van der Waals surface area contributed by atoms with E-state index >= 15 is 0 Å². The first kappa shape index (κ1) is 21.5. The van der Waals surface area contributed by atoms with Gasteiger partial charge in [0.1, 0.15) is 22.3 Å². The Bertz CT molecular complexity index is 1260. The number of hydrogen-bond acceptors (Lipinski definition) is 7. The Morgan fingerprint density at radius 3 is 2.44 bits per heavy atom. The van der Waals surface area contributed by atoms with Gasteiger partial charge in [-0.25, -0.2) is 4.98 Å². The number of fused-ring (bicyclic) bond motifs is 1. The van der Waals surface area contributed by atoms with Crippen LogP contribution in [-0.2, 0) is 0 Å². The van der Waals surface area contributed by atoms with Crippen LogP contribution in [0.1, 0.15) is 10.4 Å². The zero-order chi connectivity index (χ0) is 22.7. The molecule has 4 aromatic rings. The van der Waals surface area contributed by atoms with Crippen molar-refractivity contribution in [1.29, 1.82) is 0 Å². The van der Waals surface area contributed by atoms with E-state index in [2.05, 4.69) is 15.6 Å². The number of anilines is 1. The van der Waals surface area contributed by atoms with Crippen molar-refractivity contribution in [2.75, 3.05) is 19.5 Å². The van der Waals surface area contributed by atoms with Gasteiger partial charge in [-0.05, 0) is 54.7 Å². The normalized spacial score (nSPS) is 10.6. The molecule has 3 N–H and O–H groups in total. The topological polar surface area (TPSA) is 92.7 Å². The lowest BCUT2D eigenvalue weighted by Gasteiger charge is -2.12. The maximum absolute atomic E-state index is 12.6. The summed E-state index contributed by atoms with van der Waals surface area (Å²) in [6, 6.07) is 17.6. The van der Waals surface area contributed by atoms with Gasteiger partial charge in [0, 0.05) is 17.3 Å². The van der Waals surface area contributed by atoms with Crippen LogP contribution >= 0.6 is 23.6 Å². The molecule has 0 aliphatic rings. The van der Waals surface area contributed by atoms with E-state index in [4.69, 9.17) is 21.7 Å². The molecular formula is C23H19N3O4S2. The summed E-state index contributed by atoms with van der Waals surface area (Å²) in [5.74, 6) is 0.678. The van der Waals surface area contributed by atoms with E-state index in [-0.39, 0.29) is 10.9 Å². The molecule has 7 nitrogen and oxygen atoms in total. The number of nitrogens with zero attached hydrogens (tertiary/aromatic N) is 1. The second-order valence-electron chi connectivity index (χ2n) is 6.73. The van der Waals surface area contributed by atoms with Crippen molar-refractivity contribution < 1.29 is 19.4 Å². The molecule has 0 atom stereocenters. The van der Waals surface area contributed by atoms with Crippen LogP contribution in [0.4, 0.5) is 5.69 Å². The Kier molecular flexibility index (Phi) is 6.20. The first-order valence-electron chi connectivity index (χ1n) is 9.51. The monoisotopic (exact) mass is 465 g/mol. The highest BCUT2D eigenvalue weighted by atomic mass is 32.1. The van der Waals surface area contributed by atoms with Crippen molar-refractivity contribution in [3.63, 3.8) is 0 Å². The second-order valence-corrected chi connectivity index (χ2v) is 8.17. The lowest BCUT2D eigenvalue weighted by atomic mass is 10.2. The molecule has 162 valence electrons. The van der Waals surface area contributed by atoms with Crippen LogP contribution in [0.25, 0.3) is 20.8 Å². The van der Waals surface area contributed by atoms with Gasteiger partial charge in [-0.2, -0.15) is 0 Å². The predicted molar refractivity (Wildman–Crippen MR) is 130 cm³/mol. The van der Waals surface area contributed by atoms with Crippen molar-refractivity contribution in [2.24, 2.45) is 0 Å². The third kappa shape index (κ3) is 4.63. The maximum atomic E-state index is 12.6. The van der Waals surface area contributed by atoms with E-state index in [1.54, 1.807) is 36.4 Å². The number of thiocarbonyl (C=S) groups is 1. The third-order valence-corrected chi connectivity index (χ3v) is 5.89. The summed E-state index contributed by atoms with van der Waals surface area (Å²) in [7, 11) is 3.02. The highest BCUT2D eigenvalue weighted by Gasteiger charge is 2.14. The summed E-state index contributed by atoms with van der Waals surface area (Å²) in [5, 5.41) is 16.8. The summed E-state index contributed by atoms with van der Waals surface area (Å²) < 4.78 is 11.4. The minimum Gasteiger partial charge on any atom is -0.507 e. The predicted octanol–water partition coefficient (Wildman–Crippen LogP) is 4.81. The SMILES string of the molecule is COc1cc(OC)cc(C(=O)NC(=S)Nc2ccc(O)c(-c3nc4ccccc4s3)c2)c1. The lowest BCUT2D eigenvalue weighted by Crippen LogP contribution is -2.34. The molecule has 0 bridgehead atoms. The van der Waals surface area contributed by atoms with E-state index in [1.165, 1.54) is 25.6 Å². The number of phenols is 1. The minimum absolute atomic E-state index is 0.105. The first-order valence-corrected chi connectivity index (χ1v) is 10.7. The summed E-state index contributed by atoms with van der Waals surface area (Å²) in [6.45, 7) is 0. The Balaban J connectivity index is 1.51. The Morgan fingerprint density at radius 1 is 1.03 bits per heavy atom. The van der Waals surface area contributed by atoms with Crippen LogP contribution in [0.15, 0.2) is 60.7 Å². The summed E-state index contributed by atoms with van der Waals surface area (Å²) in [4.78, 5) is 17.2. The number of aromatic nitrogens is 1. The van der Waals surface area contributed by atoms with Crippen LogP contribution < -0.4 is 20.1 Å². The van der Waals surface area contributed by atoms with Crippen LogP contribution in [0.2, 0.25) is 0 Å². The van der Waals surface area contributed by atoms with Gasteiger partial charge in [0.05, 0.1) is 30.0 Å². The first-order chi connectivity index (χ1) is 15.5. The molecule has 0 saturated carbocycles. The number of aromatic hydroxyl groups is 1. The fraction of sp³-hybridized carbons (Fsp3) is 0.0870. The summed E-state index contributed by atoms with van der Waals surface area (Å²) in [6.07, 6.45) is 0. The molecule has 1 amide bonds. The zero-order valence-corrected chi connectivity index (χ0v) is 18.8. The third-order valence-electron chi connectivity index (χ3n) is 4.62. The largest absolute Gasteiger partial charge is 0.507 e. The number of nitrogens with one attached hydrogen (secondary N) is 2. The van der Waals surface area contributed by atoms with Crippen molar-refractivity contribution in [2.45, 2.75) is 0 Å². The summed E-state index contributed by atoms with van der Waals surface area (Å²) in [5.41, 5.74) is 2.38. The fourth-order valence-electron chi connectivity index (χ4n) is 3.05. The van der Waals surface area contributed by atoms with Crippen molar-refractivity contribution in [3.8, 4) is 27.8 Å². The molecule has 0 aliphatic carbocycles. The lowest BCUT2D eigenvalue weighted by molar-refractivity contribution is 0.0977. The molecule has 0 spiro atoms. The average Bonchev–Trinajstić information content (AvgIpc) is 3.23. The van der Waals surface area contributed by atoms with Crippen LogP contribution in [0.3, 0.4) is 0 Å². The Labute approximate surface area is 193 Å². The van der Waals surface area contributed by atoms with Crippen LogP contribution in [-0.4, -0.2) is 35.3 Å². The quantitative estimate of drug-likeness (QED) is 0.288. The highest BCUT2D eigenvalue weighted by Crippen LogP contribution is 2.36. The molecule has 9 heteroatoms. The molecule has 0 radical (unpaired) electrons. The van der Waals surface area contributed by atoms with Crippen molar-refractivity contribution in [3.05, 3.63) is 66.2 Å². The number of phenolic OH excluding ortho intramolecular Hbond substituents is 1. The van der Waals surface area contributed by atoms with Gasteiger partial charge >= 0.3 is 0 Å². The van der Waals surface area contributed by atoms with Gasteiger partial charge < -0.3 is 19.9 Å². The van der Waals surface area contributed by atoms with Gasteiger partial charge in [0.25, 0.3) is 5.91 Å². The molecule has 0 fully saturated rings. The number of carbonyl (C=O) groups excluding carboxylic acids is 1. The number of amides is 1. The second kappa shape index (κ2) is 9.21. The molecule has 3 aromatic carbocycles. The van der Waals surface area contributed by atoms with Gasteiger partial charge in [-0.3, -0.25) is 10.1 Å². The van der Waals surface area contributed by atoms with Crippen molar-refractivity contribution in [1.82, 2.24) is 10.3 Å². The van der Waals surface area contributed by atoms with Gasteiger partial charge in [0.2, 0.25) is 0 Å². The molecule has 0 aliphatic heterocycles. The van der Waals surface area contributed by atoms with Gasteiger partial charge in [-0.15, -0.1) is 11.3 Å². The average molecular weight is 466 g/mol. The van der Waals surface area contributed by atoms with Gasteiger partial charge in [-0.1, -0.05) is 12.1 Å². The number of rotatable bonds is 5. The standard InChI is InChI=1S/C23H19N3O4S2/c1-29-15-9-13(10-16(12-15)30-2)21(28)26-23(31)24-14-7-8-19(27)17(11-14)22-25-18-5-3-4-6-20(18)32-22/h3-12,27H,1-2H3,(H2,24,26,28,31). The van der Waals surface area contributed by atoms with Gasteiger partial charge in [0.15, 0.2) is 5.11 Å². The molecule has 0 unspecified atom stereocenters. The number of para-hydroxylation sites is 1. The van der Waals surface area contributed by atoms with E-state index < -0.39 is 5.91 Å². The van der Waals surface area contributed by atoms with Crippen LogP contribution in [0, 0.1) is 0 Å². The highest BCUT2D eigenvalue weighted by molar-refractivity contribution is 7.80. The molecule has 0 saturated heterocycles. The number of thiazole rings is 1.